The van der Waals surface area contributed by atoms with Gasteiger partial charge in [0.25, 0.3) is 17.7 Å². The van der Waals surface area contributed by atoms with Gasteiger partial charge in [-0.15, -0.1) is 0 Å². The van der Waals surface area contributed by atoms with E-state index in [1.54, 1.807) is 18.2 Å². The minimum Gasteiger partial charge on any atom is -0.378 e. The van der Waals surface area contributed by atoms with Crippen LogP contribution in [-0.4, -0.2) is 65.8 Å². The minimum absolute atomic E-state index is 0.0169. The molecule has 0 saturated heterocycles. The lowest BCUT2D eigenvalue weighted by Gasteiger charge is -2.33. The van der Waals surface area contributed by atoms with Crippen molar-refractivity contribution < 1.29 is 28.7 Å². The van der Waals surface area contributed by atoms with Crippen LogP contribution in [0.2, 0.25) is 0 Å². The van der Waals surface area contributed by atoms with E-state index in [0.717, 1.165) is 45.2 Å². The molecule has 410 valence electrons. The number of nitrogens with zero attached hydrogens (tertiary/aromatic N) is 3. The highest BCUT2D eigenvalue weighted by atomic mass is 16.5. The molecule has 0 spiro atoms. The maximum atomic E-state index is 14.1. The number of nitrogens with one attached hydrogen (secondary N) is 4. The molecule has 6 rings (SSSR count). The van der Waals surface area contributed by atoms with Crippen LogP contribution < -0.4 is 26.2 Å². The summed E-state index contributed by atoms with van der Waals surface area (Å²) < 4.78 is 5.80. The molecule has 3 aromatic carbocycles. The molecule has 0 unspecified atom stereocenters. The first-order valence-corrected chi connectivity index (χ1v) is 27.8. The van der Waals surface area contributed by atoms with Gasteiger partial charge in [0, 0.05) is 82.3 Å². The molecule has 0 radical (unpaired) electrons. The second-order valence-corrected chi connectivity index (χ2v) is 22.8. The number of hydrogen-bond acceptors (Lipinski definition) is 8. The summed E-state index contributed by atoms with van der Waals surface area (Å²) in [6.45, 7) is 26.9. The summed E-state index contributed by atoms with van der Waals surface area (Å²) in [5.74, 6) is 0.283. The molecular formula is C64H83N7O6. The number of amides is 5. The summed E-state index contributed by atoms with van der Waals surface area (Å²) in [5.41, 5.74) is 11.8. The average molecular weight is 1050 g/mol. The highest BCUT2D eigenvalue weighted by Gasteiger charge is 2.29. The first-order valence-electron chi connectivity index (χ1n) is 27.8. The number of pyridine rings is 2. The third kappa shape index (κ3) is 17.3. The van der Waals surface area contributed by atoms with E-state index in [1.807, 2.05) is 53.4 Å². The van der Waals surface area contributed by atoms with Gasteiger partial charge in [-0.25, -0.2) is 0 Å². The summed E-state index contributed by atoms with van der Waals surface area (Å²) in [7, 11) is 0. The van der Waals surface area contributed by atoms with E-state index in [0.29, 0.717) is 78.4 Å². The van der Waals surface area contributed by atoms with Crippen molar-refractivity contribution in [2.45, 2.75) is 128 Å². The fourth-order valence-corrected chi connectivity index (χ4v) is 9.98. The molecule has 1 aliphatic rings. The molecule has 4 N–H and O–H groups in total. The number of benzene rings is 3. The Morgan fingerprint density at radius 3 is 1.42 bits per heavy atom. The van der Waals surface area contributed by atoms with Crippen molar-refractivity contribution in [3.05, 3.63) is 147 Å². The lowest BCUT2D eigenvalue weighted by molar-refractivity contribution is -0.125. The predicted molar refractivity (Wildman–Crippen MR) is 311 cm³/mol. The van der Waals surface area contributed by atoms with E-state index in [4.69, 9.17) is 14.7 Å². The van der Waals surface area contributed by atoms with Gasteiger partial charge in [-0.1, -0.05) is 126 Å². The Morgan fingerprint density at radius 2 is 0.935 bits per heavy atom. The smallest absolute Gasteiger partial charge is 0.255 e. The monoisotopic (exact) mass is 1050 g/mol. The van der Waals surface area contributed by atoms with Gasteiger partial charge < -0.3 is 30.9 Å². The number of hydrogen-bond donors (Lipinski definition) is 4. The first-order chi connectivity index (χ1) is 36.6. The van der Waals surface area contributed by atoms with Gasteiger partial charge in [-0.3, -0.25) is 33.9 Å². The van der Waals surface area contributed by atoms with Crippen LogP contribution >= 0.6 is 0 Å². The number of carbonyl (C=O) groups excluding carboxylic acids is 5. The van der Waals surface area contributed by atoms with Crippen LogP contribution in [0.5, 0.6) is 0 Å². The van der Waals surface area contributed by atoms with Crippen LogP contribution in [0, 0.1) is 35.5 Å². The SMILES string of the molecule is CC(C)Cc1cc(C(=O)Nc2cc(NC(=O)c3cc(CC(C)C)nc(CC(C)C)c3)cc(C(=O)NCCOCCNC(=O)CCC(=O)N3Cc4ccccc4/C(C(C)C)=C(/C(C)C)c4ccccc43)c2)cc(CC(C)C)n1. The Morgan fingerprint density at radius 1 is 0.506 bits per heavy atom. The van der Waals surface area contributed by atoms with E-state index in [9.17, 15) is 24.0 Å². The quantitative estimate of drug-likeness (QED) is 0.0442. The fraction of sp³-hybridized carbons (Fsp3) is 0.453. The summed E-state index contributed by atoms with van der Waals surface area (Å²) in [4.78, 5) is 80.5. The standard InChI is InChI=1S/C64H83N7O6/c1-39(2)27-49-33-47(34-50(67-49)28-40(3)4)63(75)69-53-31-46(32-54(37-53)70-64(76)48-35-51(29-41(5)6)68-52(36-48)30-42(7)8)62(74)66-24-26-77-25-23-65-58(72)21-22-59(73)71-38-45-17-13-14-18-55(45)60(43(9)10)61(44(11)12)56-19-15-16-20-57(56)71/h13-20,31-37,39-44H,21-30,38H2,1-12H3,(H,65,72)(H,66,74)(H,69,75)(H,70,76)/b61-60-. The molecule has 1 aliphatic heterocycles. The third-order valence-corrected chi connectivity index (χ3v) is 13.1. The van der Waals surface area contributed by atoms with E-state index in [1.165, 1.54) is 11.1 Å². The maximum Gasteiger partial charge on any atom is 0.255 e. The number of fused-ring (bicyclic) bond motifs is 2. The van der Waals surface area contributed by atoms with Crippen molar-refractivity contribution >= 4 is 57.7 Å². The second-order valence-electron chi connectivity index (χ2n) is 22.8. The number of carbonyl (C=O) groups is 5. The highest BCUT2D eigenvalue weighted by Crippen LogP contribution is 2.44. The summed E-state index contributed by atoms with van der Waals surface area (Å²) in [5, 5.41) is 11.7. The molecule has 0 bridgehead atoms. The zero-order valence-corrected chi connectivity index (χ0v) is 47.7. The second kappa shape index (κ2) is 27.9. The Bertz CT molecular complexity index is 2760. The van der Waals surface area contributed by atoms with Crippen molar-refractivity contribution in [1.82, 2.24) is 20.6 Å². The molecule has 0 aliphatic carbocycles. The predicted octanol–water partition coefficient (Wildman–Crippen LogP) is 12.2. The summed E-state index contributed by atoms with van der Waals surface area (Å²) >= 11 is 0. The highest BCUT2D eigenvalue weighted by molar-refractivity contribution is 6.08. The molecule has 5 amide bonds. The van der Waals surface area contributed by atoms with Gasteiger partial charge >= 0.3 is 0 Å². The van der Waals surface area contributed by atoms with Gasteiger partial charge in [0.2, 0.25) is 11.8 Å². The van der Waals surface area contributed by atoms with E-state index < -0.39 is 5.91 Å². The molecule has 13 nitrogen and oxygen atoms in total. The number of aromatic nitrogens is 2. The molecule has 5 aromatic rings. The van der Waals surface area contributed by atoms with Crippen molar-refractivity contribution in [2.75, 3.05) is 41.8 Å². The average Bonchev–Trinajstić information content (AvgIpc) is 3.34. The third-order valence-electron chi connectivity index (χ3n) is 13.1. The Hall–Kier alpha value is -6.99. The zero-order valence-electron chi connectivity index (χ0n) is 47.7. The fourth-order valence-electron chi connectivity index (χ4n) is 9.98. The molecule has 0 fully saturated rings. The van der Waals surface area contributed by atoms with Crippen molar-refractivity contribution in [1.29, 1.82) is 0 Å². The van der Waals surface area contributed by atoms with Crippen LogP contribution in [0.25, 0.3) is 11.1 Å². The Balaban J connectivity index is 1.08. The number of rotatable bonds is 24. The van der Waals surface area contributed by atoms with Crippen molar-refractivity contribution in [3.8, 4) is 0 Å². The Labute approximate surface area is 457 Å². The molecule has 3 heterocycles. The normalized spacial score (nSPS) is 13.5. The zero-order chi connectivity index (χ0) is 55.9. The van der Waals surface area contributed by atoms with Crippen LogP contribution in [0.15, 0.2) is 91.0 Å². The lowest BCUT2D eigenvalue weighted by Crippen LogP contribution is -2.34. The molecule has 0 atom stereocenters. The summed E-state index contributed by atoms with van der Waals surface area (Å²) in [6.07, 6.45) is 2.92. The maximum absolute atomic E-state index is 14.1. The first kappa shape index (κ1) is 59.3. The minimum atomic E-state index is -0.439. The van der Waals surface area contributed by atoms with Crippen LogP contribution in [0.3, 0.4) is 0 Å². The molecule has 77 heavy (non-hydrogen) atoms. The van der Waals surface area contributed by atoms with Crippen molar-refractivity contribution in [2.24, 2.45) is 35.5 Å². The van der Waals surface area contributed by atoms with Gasteiger partial charge in [-0.2, -0.15) is 0 Å². The summed E-state index contributed by atoms with van der Waals surface area (Å²) in [6, 6.07) is 28.5. The number of anilines is 3. The lowest BCUT2D eigenvalue weighted by atomic mass is 9.79. The van der Waals surface area contributed by atoms with Gasteiger partial charge in [-0.05, 0) is 132 Å². The number of ether oxygens (including phenoxy) is 1. The largest absolute Gasteiger partial charge is 0.378 e. The molecule has 13 heteroatoms. The number of allylic oxidation sites excluding steroid dienone is 2. The van der Waals surface area contributed by atoms with Gasteiger partial charge in [0.1, 0.15) is 0 Å². The van der Waals surface area contributed by atoms with Crippen molar-refractivity contribution in [3.63, 3.8) is 0 Å². The number of para-hydroxylation sites is 1. The van der Waals surface area contributed by atoms with Crippen LogP contribution in [0.1, 0.15) is 166 Å². The molecule has 0 saturated carbocycles. The van der Waals surface area contributed by atoms with E-state index in [2.05, 4.69) is 129 Å². The van der Waals surface area contributed by atoms with E-state index >= 15 is 0 Å². The topological polar surface area (TPSA) is 172 Å². The van der Waals surface area contributed by atoms with Crippen LogP contribution in [0.4, 0.5) is 17.1 Å². The van der Waals surface area contributed by atoms with Gasteiger partial charge in [0.15, 0.2) is 0 Å². The van der Waals surface area contributed by atoms with Gasteiger partial charge in [0.05, 0.1) is 25.4 Å². The molecule has 2 aromatic heterocycles. The van der Waals surface area contributed by atoms with E-state index in [-0.39, 0.29) is 80.2 Å². The molecular weight excluding hydrogens is 963 g/mol. The Kier molecular flexibility index (Phi) is 21.5. The van der Waals surface area contributed by atoms with Crippen LogP contribution in [-0.2, 0) is 46.6 Å².